The number of epoxide rings is 1. The molecule has 15 heavy (non-hydrogen) atoms. The largest absolute Gasteiger partial charge is 0.459 e. The smallest absolute Gasteiger partial charge is 0.338 e. The number of esters is 1. The number of hydrogen-bond acceptors (Lipinski definition) is 3. The SMILES string of the molecule is C=CCOC(=O)[C@H]1O[C@@H]1c1ccccc1. The zero-order chi connectivity index (χ0) is 10.7. The van der Waals surface area contributed by atoms with Crippen LogP contribution in [0.4, 0.5) is 0 Å². The van der Waals surface area contributed by atoms with Crippen LogP contribution in [0.3, 0.4) is 0 Å². The van der Waals surface area contributed by atoms with Crippen molar-refractivity contribution in [3.63, 3.8) is 0 Å². The number of rotatable bonds is 4. The van der Waals surface area contributed by atoms with E-state index in [0.717, 1.165) is 5.56 Å². The first-order chi connectivity index (χ1) is 7.33. The van der Waals surface area contributed by atoms with Crippen LogP contribution in [0, 0.1) is 0 Å². The summed E-state index contributed by atoms with van der Waals surface area (Å²) in [6.07, 6.45) is 0.966. The quantitative estimate of drug-likeness (QED) is 0.427. The minimum atomic E-state index is -0.438. The molecule has 0 amide bonds. The number of carbonyl (C=O) groups excluding carboxylic acids is 1. The lowest BCUT2D eigenvalue weighted by Gasteiger charge is -1.97. The molecule has 2 rings (SSSR count). The van der Waals surface area contributed by atoms with Crippen molar-refractivity contribution in [3.05, 3.63) is 48.6 Å². The molecule has 0 saturated carbocycles. The summed E-state index contributed by atoms with van der Waals surface area (Å²) in [4.78, 5) is 11.4. The first kappa shape index (κ1) is 9.93. The van der Waals surface area contributed by atoms with Crippen LogP contribution in [0.2, 0.25) is 0 Å². The molecule has 1 fully saturated rings. The summed E-state index contributed by atoms with van der Waals surface area (Å²) in [5, 5.41) is 0. The molecule has 1 aromatic carbocycles. The number of hydrogen-bond donors (Lipinski definition) is 0. The van der Waals surface area contributed by atoms with Crippen molar-refractivity contribution in [2.75, 3.05) is 6.61 Å². The van der Waals surface area contributed by atoms with Crippen molar-refractivity contribution < 1.29 is 14.3 Å². The normalized spacial score (nSPS) is 23.2. The molecule has 1 heterocycles. The van der Waals surface area contributed by atoms with E-state index in [4.69, 9.17) is 9.47 Å². The Morgan fingerprint density at radius 2 is 2.20 bits per heavy atom. The van der Waals surface area contributed by atoms with Crippen molar-refractivity contribution in [1.82, 2.24) is 0 Å². The highest BCUT2D eigenvalue weighted by Gasteiger charge is 2.47. The molecule has 0 unspecified atom stereocenters. The predicted octanol–water partition coefficient (Wildman–Crippen LogP) is 1.86. The topological polar surface area (TPSA) is 38.8 Å². The Bertz CT molecular complexity index is 358. The predicted molar refractivity (Wildman–Crippen MR) is 55.2 cm³/mol. The van der Waals surface area contributed by atoms with Gasteiger partial charge in [0.05, 0.1) is 0 Å². The Morgan fingerprint density at radius 3 is 2.87 bits per heavy atom. The van der Waals surface area contributed by atoms with E-state index >= 15 is 0 Å². The number of carbonyl (C=O) groups is 1. The fourth-order valence-electron chi connectivity index (χ4n) is 1.41. The highest BCUT2D eigenvalue weighted by molar-refractivity contribution is 5.78. The van der Waals surface area contributed by atoms with Crippen LogP contribution in [0.15, 0.2) is 43.0 Å². The summed E-state index contributed by atoms with van der Waals surface area (Å²) in [6.45, 7) is 3.71. The molecule has 3 heteroatoms. The highest BCUT2D eigenvalue weighted by atomic mass is 16.6. The molecule has 3 nitrogen and oxygen atoms in total. The number of benzene rings is 1. The van der Waals surface area contributed by atoms with Gasteiger partial charge in [0.15, 0.2) is 6.10 Å². The summed E-state index contributed by atoms with van der Waals surface area (Å²) in [5.41, 5.74) is 1.01. The van der Waals surface area contributed by atoms with Crippen LogP contribution in [-0.2, 0) is 14.3 Å². The standard InChI is InChI=1S/C12H12O3/c1-2-8-14-12(13)11-10(15-11)9-6-4-3-5-7-9/h2-7,10-11H,1,8H2/t10-,11+/m1/s1. The maximum atomic E-state index is 11.4. The lowest BCUT2D eigenvalue weighted by molar-refractivity contribution is -0.143. The lowest BCUT2D eigenvalue weighted by Crippen LogP contribution is -2.12. The maximum Gasteiger partial charge on any atom is 0.338 e. The third-order valence-corrected chi connectivity index (χ3v) is 2.20. The van der Waals surface area contributed by atoms with Crippen molar-refractivity contribution >= 4 is 5.97 Å². The van der Waals surface area contributed by atoms with E-state index in [1.165, 1.54) is 6.08 Å². The van der Waals surface area contributed by atoms with E-state index in [1.807, 2.05) is 30.3 Å². The van der Waals surface area contributed by atoms with Crippen LogP contribution >= 0.6 is 0 Å². The fourth-order valence-corrected chi connectivity index (χ4v) is 1.41. The minimum Gasteiger partial charge on any atom is -0.459 e. The van der Waals surface area contributed by atoms with E-state index in [0.29, 0.717) is 0 Å². The zero-order valence-corrected chi connectivity index (χ0v) is 8.26. The van der Waals surface area contributed by atoms with Gasteiger partial charge in [-0.05, 0) is 5.56 Å². The van der Waals surface area contributed by atoms with Gasteiger partial charge in [0.2, 0.25) is 0 Å². The van der Waals surface area contributed by atoms with Gasteiger partial charge < -0.3 is 9.47 Å². The molecule has 0 aliphatic carbocycles. The van der Waals surface area contributed by atoms with Gasteiger partial charge in [-0.1, -0.05) is 43.0 Å². The average Bonchev–Trinajstić information content (AvgIpc) is 3.07. The molecule has 78 valence electrons. The molecule has 0 N–H and O–H groups in total. The van der Waals surface area contributed by atoms with Gasteiger partial charge in [0.1, 0.15) is 12.7 Å². The van der Waals surface area contributed by atoms with E-state index < -0.39 is 6.10 Å². The Balaban J connectivity index is 1.91. The second-order valence-corrected chi connectivity index (χ2v) is 3.31. The van der Waals surface area contributed by atoms with Crippen LogP contribution in [0.1, 0.15) is 11.7 Å². The second-order valence-electron chi connectivity index (χ2n) is 3.31. The van der Waals surface area contributed by atoms with Gasteiger partial charge in [-0.3, -0.25) is 0 Å². The molecule has 0 spiro atoms. The summed E-state index contributed by atoms with van der Waals surface area (Å²) >= 11 is 0. The van der Waals surface area contributed by atoms with Crippen LogP contribution in [0.5, 0.6) is 0 Å². The molecular formula is C12H12O3. The van der Waals surface area contributed by atoms with E-state index in [1.54, 1.807) is 0 Å². The Kier molecular flexibility index (Phi) is 2.83. The maximum absolute atomic E-state index is 11.4. The third-order valence-electron chi connectivity index (χ3n) is 2.20. The summed E-state index contributed by atoms with van der Waals surface area (Å²) in [6, 6.07) is 9.64. The van der Waals surface area contributed by atoms with Crippen LogP contribution < -0.4 is 0 Å². The molecule has 1 saturated heterocycles. The Hall–Kier alpha value is -1.61. The van der Waals surface area contributed by atoms with Gasteiger partial charge in [-0.25, -0.2) is 4.79 Å². The van der Waals surface area contributed by atoms with E-state index in [9.17, 15) is 4.79 Å². The fraction of sp³-hybridized carbons (Fsp3) is 0.250. The van der Waals surface area contributed by atoms with Gasteiger partial charge >= 0.3 is 5.97 Å². The average molecular weight is 204 g/mol. The van der Waals surface area contributed by atoms with Crippen molar-refractivity contribution in [3.8, 4) is 0 Å². The van der Waals surface area contributed by atoms with Gasteiger partial charge in [-0.15, -0.1) is 0 Å². The monoisotopic (exact) mass is 204 g/mol. The molecule has 0 aromatic heterocycles. The number of ether oxygens (including phenoxy) is 2. The van der Waals surface area contributed by atoms with E-state index in [-0.39, 0.29) is 18.7 Å². The Morgan fingerprint density at radius 1 is 1.47 bits per heavy atom. The molecule has 0 bridgehead atoms. The molecular weight excluding hydrogens is 192 g/mol. The third kappa shape index (κ3) is 2.25. The summed E-state index contributed by atoms with van der Waals surface area (Å²) < 4.78 is 10.1. The molecule has 1 aliphatic heterocycles. The van der Waals surface area contributed by atoms with Crippen molar-refractivity contribution in [2.45, 2.75) is 12.2 Å². The van der Waals surface area contributed by atoms with Crippen LogP contribution in [-0.4, -0.2) is 18.7 Å². The zero-order valence-electron chi connectivity index (χ0n) is 8.26. The highest BCUT2D eigenvalue weighted by Crippen LogP contribution is 2.39. The molecule has 0 radical (unpaired) electrons. The minimum absolute atomic E-state index is 0.136. The summed E-state index contributed by atoms with van der Waals surface area (Å²) in [7, 11) is 0. The van der Waals surface area contributed by atoms with Crippen molar-refractivity contribution in [2.24, 2.45) is 0 Å². The van der Waals surface area contributed by atoms with Gasteiger partial charge in [0, 0.05) is 0 Å². The van der Waals surface area contributed by atoms with Crippen LogP contribution in [0.25, 0.3) is 0 Å². The van der Waals surface area contributed by atoms with E-state index in [2.05, 4.69) is 6.58 Å². The molecule has 2 atom stereocenters. The first-order valence-electron chi connectivity index (χ1n) is 4.81. The first-order valence-corrected chi connectivity index (χ1v) is 4.81. The lowest BCUT2D eigenvalue weighted by atomic mass is 10.1. The second kappa shape index (κ2) is 4.28. The van der Waals surface area contributed by atoms with Gasteiger partial charge in [-0.2, -0.15) is 0 Å². The Labute approximate surface area is 88.3 Å². The molecule has 1 aliphatic rings. The summed E-state index contributed by atoms with van der Waals surface area (Å²) in [5.74, 6) is -0.316. The molecule has 1 aromatic rings. The van der Waals surface area contributed by atoms with Crippen molar-refractivity contribution in [1.29, 1.82) is 0 Å². The van der Waals surface area contributed by atoms with Gasteiger partial charge in [0.25, 0.3) is 0 Å².